The Labute approximate surface area is 140 Å². The molecule has 0 aromatic heterocycles. The molecule has 6 nitrogen and oxygen atoms in total. The van der Waals surface area contributed by atoms with Crippen molar-refractivity contribution >= 4 is 27.1 Å². The van der Waals surface area contributed by atoms with Crippen molar-refractivity contribution in [1.29, 1.82) is 0 Å². The van der Waals surface area contributed by atoms with Gasteiger partial charge in [0, 0.05) is 35.8 Å². The molecule has 0 N–H and O–H groups in total. The molecule has 1 aromatic carbocycles. The Morgan fingerprint density at radius 3 is 2.78 bits per heavy atom. The highest BCUT2D eigenvalue weighted by Crippen LogP contribution is 2.34. The number of sulfone groups is 1. The fourth-order valence-electron chi connectivity index (χ4n) is 3.73. The van der Waals surface area contributed by atoms with Crippen molar-refractivity contribution in [2.75, 3.05) is 12.3 Å². The number of hydrogen-bond donors (Lipinski definition) is 0. The van der Waals surface area contributed by atoms with Gasteiger partial charge < -0.3 is 0 Å². The lowest BCUT2D eigenvalue weighted by Crippen LogP contribution is -2.55. The average molecular weight is 359 g/mol. The molecule has 1 aliphatic heterocycles. The van der Waals surface area contributed by atoms with E-state index < -0.39 is 14.8 Å². The van der Waals surface area contributed by atoms with Crippen LogP contribution >= 0.6 is 11.6 Å². The molecule has 2 aliphatic rings. The van der Waals surface area contributed by atoms with Crippen LogP contribution in [0.25, 0.3) is 0 Å². The molecule has 0 bridgehead atoms. The number of hydrogen-bond acceptors (Lipinski definition) is 5. The largest absolute Gasteiger partial charge is 0.294 e. The Kier molecular flexibility index (Phi) is 4.62. The van der Waals surface area contributed by atoms with Crippen LogP contribution in [-0.2, 0) is 16.4 Å². The van der Waals surface area contributed by atoms with Crippen LogP contribution in [0.15, 0.2) is 18.2 Å². The van der Waals surface area contributed by atoms with Crippen molar-refractivity contribution in [3.63, 3.8) is 0 Å². The summed E-state index contributed by atoms with van der Waals surface area (Å²) in [7, 11) is -3.04. The fraction of sp³-hybridized carbons (Fsp3) is 0.600. The van der Waals surface area contributed by atoms with Crippen LogP contribution in [0.2, 0.25) is 5.02 Å². The van der Waals surface area contributed by atoms with E-state index in [2.05, 4.69) is 4.90 Å². The summed E-state index contributed by atoms with van der Waals surface area (Å²) in [5.74, 6) is 0.134. The molecule has 1 aromatic rings. The van der Waals surface area contributed by atoms with E-state index in [-0.39, 0.29) is 22.7 Å². The van der Waals surface area contributed by atoms with Gasteiger partial charge in [0.05, 0.1) is 15.9 Å². The highest BCUT2D eigenvalue weighted by atomic mass is 35.5. The summed E-state index contributed by atoms with van der Waals surface area (Å²) in [6.45, 7) is 0.827. The summed E-state index contributed by atoms with van der Waals surface area (Å²) in [5, 5.41) is 11.2. The maximum absolute atomic E-state index is 12.3. The van der Waals surface area contributed by atoms with Crippen molar-refractivity contribution in [2.45, 2.75) is 43.5 Å². The topological polar surface area (TPSA) is 80.5 Å². The first-order chi connectivity index (χ1) is 10.9. The average Bonchev–Trinajstić information content (AvgIpc) is 2.52. The van der Waals surface area contributed by atoms with Crippen LogP contribution in [-0.4, -0.2) is 41.8 Å². The molecule has 2 atom stereocenters. The molecule has 1 saturated heterocycles. The smallest absolute Gasteiger partial charge is 0.275 e. The third-order valence-electron chi connectivity index (χ3n) is 4.88. The Hall–Kier alpha value is -1.18. The van der Waals surface area contributed by atoms with E-state index >= 15 is 0 Å². The van der Waals surface area contributed by atoms with E-state index in [0.717, 1.165) is 19.3 Å². The standard InChI is InChI=1S/C15H19ClN2O4S/c16-12-6-5-11(14(9-12)18(19)20)10-17-7-8-23(21,22)15-4-2-1-3-13(15)17/h5-6,9,13,15H,1-4,7-8,10H2. The summed E-state index contributed by atoms with van der Waals surface area (Å²) in [6.07, 6.45) is 3.49. The number of nitro groups is 1. The fourth-order valence-corrected chi connectivity index (χ4v) is 6.00. The van der Waals surface area contributed by atoms with Crippen molar-refractivity contribution in [2.24, 2.45) is 0 Å². The molecule has 0 amide bonds. The predicted octanol–water partition coefficient (Wildman–Crippen LogP) is 2.79. The van der Waals surface area contributed by atoms with Crippen LogP contribution in [0, 0.1) is 10.1 Å². The zero-order valence-corrected chi connectivity index (χ0v) is 14.2. The highest BCUT2D eigenvalue weighted by molar-refractivity contribution is 7.92. The molecule has 0 spiro atoms. The summed E-state index contributed by atoms with van der Waals surface area (Å²) in [6, 6.07) is 4.64. The Balaban J connectivity index is 1.87. The van der Waals surface area contributed by atoms with Crippen LogP contribution in [0.3, 0.4) is 0 Å². The van der Waals surface area contributed by atoms with Gasteiger partial charge in [-0.15, -0.1) is 0 Å². The highest BCUT2D eigenvalue weighted by Gasteiger charge is 2.42. The lowest BCUT2D eigenvalue weighted by molar-refractivity contribution is -0.385. The first-order valence-corrected chi connectivity index (χ1v) is 9.86. The molecule has 1 saturated carbocycles. The normalized spacial score (nSPS) is 27.3. The SMILES string of the molecule is O=[N+]([O-])c1cc(Cl)ccc1CN1CCS(=O)(=O)C2CCCCC21. The van der Waals surface area contributed by atoms with Gasteiger partial charge in [0.1, 0.15) is 0 Å². The molecule has 8 heteroatoms. The summed E-state index contributed by atoms with van der Waals surface area (Å²) < 4.78 is 24.6. The molecule has 2 unspecified atom stereocenters. The van der Waals surface area contributed by atoms with Crippen molar-refractivity contribution < 1.29 is 13.3 Å². The van der Waals surface area contributed by atoms with Gasteiger partial charge in [0.25, 0.3) is 5.69 Å². The second-order valence-corrected chi connectivity index (χ2v) is 9.03. The number of fused-ring (bicyclic) bond motifs is 1. The first kappa shape index (κ1) is 16.7. The molecular formula is C15H19ClN2O4S. The van der Waals surface area contributed by atoms with Crippen LogP contribution in [0.1, 0.15) is 31.2 Å². The van der Waals surface area contributed by atoms with Gasteiger partial charge in [-0.2, -0.15) is 0 Å². The number of nitro benzene ring substituents is 1. The van der Waals surface area contributed by atoms with Crippen molar-refractivity contribution in [3.05, 3.63) is 38.9 Å². The molecule has 2 fully saturated rings. The minimum absolute atomic E-state index is 0.00158. The monoisotopic (exact) mass is 358 g/mol. The third kappa shape index (κ3) is 3.36. The van der Waals surface area contributed by atoms with E-state index in [1.54, 1.807) is 12.1 Å². The maximum atomic E-state index is 12.3. The maximum Gasteiger partial charge on any atom is 0.275 e. The quantitative estimate of drug-likeness (QED) is 0.613. The Morgan fingerprint density at radius 1 is 1.30 bits per heavy atom. The minimum atomic E-state index is -3.04. The van der Waals surface area contributed by atoms with Gasteiger partial charge in [-0.25, -0.2) is 8.42 Å². The zero-order chi connectivity index (χ0) is 16.6. The number of benzene rings is 1. The zero-order valence-electron chi connectivity index (χ0n) is 12.7. The Morgan fingerprint density at radius 2 is 2.04 bits per heavy atom. The number of nitrogens with zero attached hydrogens (tertiary/aromatic N) is 2. The molecule has 126 valence electrons. The van der Waals surface area contributed by atoms with Gasteiger partial charge in [0.2, 0.25) is 0 Å². The van der Waals surface area contributed by atoms with E-state index in [4.69, 9.17) is 11.6 Å². The number of halogens is 1. The molecular weight excluding hydrogens is 340 g/mol. The Bertz CT molecular complexity index is 722. The molecule has 1 heterocycles. The van der Waals surface area contributed by atoms with Gasteiger partial charge in [-0.1, -0.05) is 24.4 Å². The first-order valence-electron chi connectivity index (χ1n) is 7.77. The van der Waals surface area contributed by atoms with Crippen molar-refractivity contribution in [1.82, 2.24) is 4.90 Å². The summed E-state index contributed by atoms with van der Waals surface area (Å²) >= 11 is 5.85. The van der Waals surface area contributed by atoms with Gasteiger partial charge in [0.15, 0.2) is 9.84 Å². The lowest BCUT2D eigenvalue weighted by Gasteiger charge is -2.43. The molecule has 1 aliphatic carbocycles. The van der Waals surface area contributed by atoms with E-state index in [1.807, 2.05) is 0 Å². The molecule has 23 heavy (non-hydrogen) atoms. The van der Waals surface area contributed by atoms with Crippen LogP contribution in [0.5, 0.6) is 0 Å². The van der Waals surface area contributed by atoms with Crippen LogP contribution in [0.4, 0.5) is 5.69 Å². The van der Waals surface area contributed by atoms with Crippen LogP contribution < -0.4 is 0 Å². The van der Waals surface area contributed by atoms with Crippen molar-refractivity contribution in [3.8, 4) is 0 Å². The van der Waals surface area contributed by atoms with Gasteiger partial charge in [-0.3, -0.25) is 15.0 Å². The second kappa shape index (κ2) is 6.37. The van der Waals surface area contributed by atoms with E-state index in [0.29, 0.717) is 30.1 Å². The minimum Gasteiger partial charge on any atom is -0.294 e. The van der Waals surface area contributed by atoms with Gasteiger partial charge >= 0.3 is 0 Å². The summed E-state index contributed by atoms with van der Waals surface area (Å²) in [5.41, 5.74) is 0.585. The lowest BCUT2D eigenvalue weighted by atomic mass is 9.93. The summed E-state index contributed by atoms with van der Waals surface area (Å²) in [4.78, 5) is 12.9. The second-order valence-electron chi connectivity index (χ2n) is 6.26. The molecule has 3 rings (SSSR count). The molecule has 0 radical (unpaired) electrons. The van der Waals surface area contributed by atoms with Gasteiger partial charge in [-0.05, 0) is 25.0 Å². The van der Waals surface area contributed by atoms with E-state index in [1.165, 1.54) is 6.07 Å². The third-order valence-corrected chi connectivity index (χ3v) is 7.34. The predicted molar refractivity (Wildman–Crippen MR) is 88.3 cm³/mol. The number of rotatable bonds is 3. The van der Waals surface area contributed by atoms with E-state index in [9.17, 15) is 18.5 Å².